The number of hydrogen-bond acceptors (Lipinski definition) is 3. The zero-order valence-electron chi connectivity index (χ0n) is 9.17. The molecular formula is C11H19NS2. The second kappa shape index (κ2) is 6.66. The molecule has 3 heteroatoms. The van der Waals surface area contributed by atoms with Crippen molar-refractivity contribution >= 4 is 23.5 Å². The minimum atomic E-state index is 0.551. The summed E-state index contributed by atoms with van der Waals surface area (Å²) in [6.07, 6.45) is 0.982. The molecule has 1 nitrogen and oxygen atoms in total. The van der Waals surface area contributed by atoms with Crippen LogP contribution in [0.5, 0.6) is 0 Å². The first kappa shape index (κ1) is 12.3. The second-order valence-electron chi connectivity index (χ2n) is 3.44. The van der Waals surface area contributed by atoms with Crippen LogP contribution in [0.1, 0.15) is 20.3 Å². The van der Waals surface area contributed by atoms with E-state index < -0.39 is 0 Å². The van der Waals surface area contributed by atoms with Crippen molar-refractivity contribution in [2.75, 3.05) is 18.6 Å². The van der Waals surface area contributed by atoms with Gasteiger partial charge in [0, 0.05) is 34.5 Å². The minimum Gasteiger partial charge on any atom is -0.315 e. The summed E-state index contributed by atoms with van der Waals surface area (Å²) in [5, 5.41) is 4.88. The molecule has 0 amide bonds. The van der Waals surface area contributed by atoms with Crippen LogP contribution in [0.15, 0.2) is 0 Å². The Hall–Kier alpha value is 0.220. The van der Waals surface area contributed by atoms with Gasteiger partial charge in [-0.15, -0.1) is 11.8 Å². The molecule has 0 radical (unpaired) electrons. The summed E-state index contributed by atoms with van der Waals surface area (Å²) in [5.74, 6) is 8.76. The first-order chi connectivity index (χ1) is 6.79. The molecule has 1 N–H and O–H groups in total. The molecule has 80 valence electrons. The average molecular weight is 229 g/mol. The maximum absolute atomic E-state index is 3.40. The molecule has 3 atom stereocenters. The van der Waals surface area contributed by atoms with E-state index in [1.165, 1.54) is 11.5 Å². The van der Waals surface area contributed by atoms with E-state index in [9.17, 15) is 0 Å². The topological polar surface area (TPSA) is 12.0 Å². The lowest BCUT2D eigenvalue weighted by Gasteiger charge is -2.33. The Morgan fingerprint density at radius 3 is 2.71 bits per heavy atom. The highest BCUT2D eigenvalue weighted by atomic mass is 32.2. The highest BCUT2D eigenvalue weighted by molar-refractivity contribution is 8.07. The Morgan fingerprint density at radius 2 is 2.14 bits per heavy atom. The SMILES string of the molecule is CC#CCC(NC)C1SCCSC1C. The van der Waals surface area contributed by atoms with E-state index in [2.05, 4.69) is 54.7 Å². The van der Waals surface area contributed by atoms with Crippen LogP contribution < -0.4 is 5.32 Å². The van der Waals surface area contributed by atoms with Crippen molar-refractivity contribution < 1.29 is 0 Å². The van der Waals surface area contributed by atoms with Gasteiger partial charge in [0.1, 0.15) is 0 Å². The quantitative estimate of drug-likeness (QED) is 0.745. The molecule has 1 aliphatic heterocycles. The van der Waals surface area contributed by atoms with Crippen molar-refractivity contribution in [3.63, 3.8) is 0 Å². The third-order valence-electron chi connectivity index (χ3n) is 2.50. The molecule has 0 aliphatic carbocycles. The van der Waals surface area contributed by atoms with E-state index in [1.54, 1.807) is 0 Å². The Bertz CT molecular complexity index is 219. The zero-order chi connectivity index (χ0) is 10.4. The van der Waals surface area contributed by atoms with Crippen LogP contribution in [0.3, 0.4) is 0 Å². The highest BCUT2D eigenvalue weighted by Gasteiger charge is 2.28. The molecule has 1 rings (SSSR count). The molecule has 14 heavy (non-hydrogen) atoms. The fourth-order valence-corrected chi connectivity index (χ4v) is 4.69. The molecule has 0 aromatic carbocycles. The first-order valence-electron chi connectivity index (χ1n) is 5.09. The Labute approximate surface area is 96.2 Å². The summed E-state index contributed by atoms with van der Waals surface area (Å²) in [6.45, 7) is 4.25. The lowest BCUT2D eigenvalue weighted by atomic mass is 10.1. The Kier molecular flexibility index (Phi) is 5.84. The molecule has 0 aromatic rings. The van der Waals surface area contributed by atoms with Crippen LogP contribution in [0.4, 0.5) is 0 Å². The molecule has 1 aliphatic rings. The molecule has 1 saturated heterocycles. The number of rotatable bonds is 3. The summed E-state index contributed by atoms with van der Waals surface area (Å²) in [5.41, 5.74) is 0. The van der Waals surface area contributed by atoms with Gasteiger partial charge >= 0.3 is 0 Å². The largest absolute Gasteiger partial charge is 0.315 e. The molecule has 0 aromatic heterocycles. The predicted molar refractivity (Wildman–Crippen MR) is 69.1 cm³/mol. The van der Waals surface area contributed by atoms with Crippen molar-refractivity contribution in [2.45, 2.75) is 36.8 Å². The fourth-order valence-electron chi connectivity index (χ4n) is 1.69. The third kappa shape index (κ3) is 3.42. The number of thioether (sulfide) groups is 2. The van der Waals surface area contributed by atoms with Gasteiger partial charge in [-0.05, 0) is 14.0 Å². The molecule has 3 unspecified atom stereocenters. The van der Waals surface area contributed by atoms with Gasteiger partial charge in [-0.2, -0.15) is 23.5 Å². The first-order valence-corrected chi connectivity index (χ1v) is 7.19. The van der Waals surface area contributed by atoms with E-state index in [4.69, 9.17) is 0 Å². The summed E-state index contributed by atoms with van der Waals surface area (Å²) < 4.78 is 0. The zero-order valence-corrected chi connectivity index (χ0v) is 10.8. The van der Waals surface area contributed by atoms with Crippen LogP contribution in [0.2, 0.25) is 0 Å². The molecule has 1 heterocycles. The lowest BCUT2D eigenvalue weighted by Crippen LogP contribution is -2.42. The van der Waals surface area contributed by atoms with E-state index in [1.807, 2.05) is 6.92 Å². The molecule has 0 spiro atoms. The minimum absolute atomic E-state index is 0.551. The van der Waals surface area contributed by atoms with E-state index in [-0.39, 0.29) is 0 Å². The van der Waals surface area contributed by atoms with Crippen molar-refractivity contribution in [3.05, 3.63) is 0 Å². The summed E-state index contributed by atoms with van der Waals surface area (Å²) >= 11 is 4.20. The van der Waals surface area contributed by atoms with Crippen molar-refractivity contribution in [1.29, 1.82) is 0 Å². The smallest absolute Gasteiger partial charge is 0.0326 e. The van der Waals surface area contributed by atoms with Crippen molar-refractivity contribution in [3.8, 4) is 11.8 Å². The molecule has 0 saturated carbocycles. The standard InChI is InChI=1S/C11H19NS2/c1-4-5-6-10(12-3)11-9(2)13-7-8-14-11/h9-12H,6-8H2,1-3H3. The summed E-state index contributed by atoms with van der Waals surface area (Å²) in [7, 11) is 2.05. The maximum atomic E-state index is 3.40. The van der Waals surface area contributed by atoms with E-state index in [0.717, 1.165) is 16.9 Å². The predicted octanol–water partition coefficient (Wildman–Crippen LogP) is 2.22. The van der Waals surface area contributed by atoms with Gasteiger partial charge in [-0.25, -0.2) is 0 Å². The van der Waals surface area contributed by atoms with Gasteiger partial charge in [-0.3, -0.25) is 0 Å². The number of hydrogen-bond donors (Lipinski definition) is 1. The molecule has 1 fully saturated rings. The Balaban J connectivity index is 2.51. The van der Waals surface area contributed by atoms with Crippen LogP contribution in [0.25, 0.3) is 0 Å². The van der Waals surface area contributed by atoms with Crippen LogP contribution in [-0.4, -0.2) is 35.1 Å². The summed E-state index contributed by atoms with van der Waals surface area (Å²) in [4.78, 5) is 0. The normalized spacial score (nSPS) is 29.1. The monoisotopic (exact) mass is 229 g/mol. The van der Waals surface area contributed by atoms with Gasteiger partial charge in [0.05, 0.1) is 0 Å². The molecular weight excluding hydrogens is 210 g/mol. The van der Waals surface area contributed by atoms with Gasteiger partial charge < -0.3 is 5.32 Å². The fraction of sp³-hybridized carbons (Fsp3) is 0.818. The van der Waals surface area contributed by atoms with E-state index >= 15 is 0 Å². The van der Waals surface area contributed by atoms with Crippen LogP contribution in [-0.2, 0) is 0 Å². The van der Waals surface area contributed by atoms with Crippen molar-refractivity contribution in [2.24, 2.45) is 0 Å². The number of nitrogens with one attached hydrogen (secondary N) is 1. The van der Waals surface area contributed by atoms with Crippen LogP contribution >= 0.6 is 23.5 Å². The highest BCUT2D eigenvalue weighted by Crippen LogP contribution is 2.33. The third-order valence-corrected chi connectivity index (χ3v) is 5.75. The van der Waals surface area contributed by atoms with Gasteiger partial charge in [0.15, 0.2) is 0 Å². The Morgan fingerprint density at radius 1 is 1.43 bits per heavy atom. The van der Waals surface area contributed by atoms with Gasteiger partial charge in [0.25, 0.3) is 0 Å². The second-order valence-corrected chi connectivity index (χ2v) is 6.21. The average Bonchev–Trinajstić information content (AvgIpc) is 2.21. The van der Waals surface area contributed by atoms with Gasteiger partial charge in [-0.1, -0.05) is 6.92 Å². The maximum Gasteiger partial charge on any atom is 0.0326 e. The molecule has 0 bridgehead atoms. The summed E-state index contributed by atoms with van der Waals surface area (Å²) in [6, 6.07) is 0.551. The van der Waals surface area contributed by atoms with Crippen LogP contribution in [0, 0.1) is 11.8 Å². The van der Waals surface area contributed by atoms with E-state index in [0.29, 0.717) is 6.04 Å². The van der Waals surface area contributed by atoms with Crippen molar-refractivity contribution in [1.82, 2.24) is 5.32 Å². The van der Waals surface area contributed by atoms with Gasteiger partial charge in [0.2, 0.25) is 0 Å². The lowest BCUT2D eigenvalue weighted by molar-refractivity contribution is 0.545.